The number of nitrogens with two attached hydrogens (primary N) is 2. The van der Waals surface area contributed by atoms with Gasteiger partial charge in [-0.15, -0.1) is 11.8 Å². The summed E-state index contributed by atoms with van der Waals surface area (Å²) >= 11 is 1.58. The molecule has 5 nitrogen and oxygen atoms in total. The van der Waals surface area contributed by atoms with Crippen LogP contribution >= 0.6 is 11.8 Å². The molecular formula is C12H21N3O2S. The Balaban J connectivity index is 2.01. The second kappa shape index (κ2) is 4.75. The maximum absolute atomic E-state index is 12.0. The highest BCUT2D eigenvalue weighted by atomic mass is 32.2. The van der Waals surface area contributed by atoms with Gasteiger partial charge in [0.05, 0.1) is 18.0 Å². The lowest BCUT2D eigenvalue weighted by atomic mass is 10.0. The molecule has 1 amide bonds. The van der Waals surface area contributed by atoms with Crippen LogP contribution in [-0.2, 0) is 4.74 Å². The predicted octanol–water partition coefficient (Wildman–Crippen LogP) is 1.24. The molecule has 0 aromatic carbocycles. The van der Waals surface area contributed by atoms with E-state index >= 15 is 0 Å². The van der Waals surface area contributed by atoms with Gasteiger partial charge >= 0.3 is 6.09 Å². The number of amides is 1. The minimum Gasteiger partial charge on any atom is -0.444 e. The molecule has 0 fully saturated rings. The standard InChI is InChI=1S/C12H21N3O2S/c1-12(2,3)17-11(16)15-5-4-7-8(6-15)18-10(14)9(7)13/h9-10H,4-6,13-14H2,1-3H3. The van der Waals surface area contributed by atoms with Gasteiger partial charge in [0.25, 0.3) is 0 Å². The highest BCUT2D eigenvalue weighted by molar-refractivity contribution is 8.04. The number of thioether (sulfide) groups is 1. The molecular weight excluding hydrogens is 250 g/mol. The molecule has 0 bridgehead atoms. The maximum Gasteiger partial charge on any atom is 0.410 e. The number of hydrogen-bond donors (Lipinski definition) is 2. The van der Waals surface area contributed by atoms with Crippen molar-refractivity contribution in [3.05, 3.63) is 10.5 Å². The molecule has 18 heavy (non-hydrogen) atoms. The number of carbonyl (C=O) groups excluding carboxylic acids is 1. The zero-order valence-electron chi connectivity index (χ0n) is 11.1. The molecule has 4 N–H and O–H groups in total. The summed E-state index contributed by atoms with van der Waals surface area (Å²) in [4.78, 5) is 14.8. The summed E-state index contributed by atoms with van der Waals surface area (Å²) in [5.74, 6) is 0. The topological polar surface area (TPSA) is 81.6 Å². The van der Waals surface area contributed by atoms with E-state index in [-0.39, 0.29) is 17.5 Å². The van der Waals surface area contributed by atoms with E-state index in [1.54, 1.807) is 16.7 Å². The highest BCUT2D eigenvalue weighted by Gasteiger charge is 2.36. The maximum atomic E-state index is 12.0. The lowest BCUT2D eigenvalue weighted by molar-refractivity contribution is 0.0263. The number of rotatable bonds is 0. The van der Waals surface area contributed by atoms with Crippen molar-refractivity contribution in [2.75, 3.05) is 13.1 Å². The van der Waals surface area contributed by atoms with Gasteiger partial charge in [0.1, 0.15) is 5.60 Å². The van der Waals surface area contributed by atoms with Crippen LogP contribution in [0.4, 0.5) is 4.79 Å². The lowest BCUT2D eigenvalue weighted by Gasteiger charge is -2.31. The third-order valence-corrected chi connectivity index (χ3v) is 4.27. The molecule has 0 aromatic heterocycles. The first-order chi connectivity index (χ1) is 8.28. The van der Waals surface area contributed by atoms with Crippen molar-refractivity contribution in [3.63, 3.8) is 0 Å². The van der Waals surface area contributed by atoms with Gasteiger partial charge in [0, 0.05) is 11.4 Å². The SMILES string of the molecule is CC(C)(C)OC(=O)N1CCC2=C(C1)SC(N)C2N. The van der Waals surface area contributed by atoms with Crippen LogP contribution in [0.5, 0.6) is 0 Å². The van der Waals surface area contributed by atoms with Crippen LogP contribution in [0.25, 0.3) is 0 Å². The van der Waals surface area contributed by atoms with Crippen LogP contribution in [0.3, 0.4) is 0 Å². The summed E-state index contributed by atoms with van der Waals surface area (Å²) in [5, 5.41) is -0.0754. The number of hydrogen-bond acceptors (Lipinski definition) is 5. The molecule has 0 spiro atoms. The molecule has 0 saturated carbocycles. The quantitative estimate of drug-likeness (QED) is 0.693. The first-order valence-corrected chi connectivity index (χ1v) is 7.03. The first-order valence-electron chi connectivity index (χ1n) is 6.15. The van der Waals surface area contributed by atoms with Gasteiger partial charge in [-0.3, -0.25) is 0 Å². The summed E-state index contributed by atoms with van der Waals surface area (Å²) in [7, 11) is 0. The third kappa shape index (κ3) is 2.81. The molecule has 2 atom stereocenters. The summed E-state index contributed by atoms with van der Waals surface area (Å²) in [6.45, 7) is 6.85. The average molecular weight is 271 g/mol. The van der Waals surface area contributed by atoms with Crippen LogP contribution in [0, 0.1) is 0 Å². The predicted molar refractivity (Wildman–Crippen MR) is 73.0 cm³/mol. The fourth-order valence-corrected chi connectivity index (χ4v) is 3.39. The van der Waals surface area contributed by atoms with E-state index in [0.717, 1.165) is 11.3 Å². The fourth-order valence-electron chi connectivity index (χ4n) is 2.13. The number of ether oxygens (including phenoxy) is 1. The smallest absolute Gasteiger partial charge is 0.410 e. The van der Waals surface area contributed by atoms with Gasteiger partial charge in [-0.25, -0.2) is 4.79 Å². The molecule has 102 valence electrons. The molecule has 2 unspecified atom stereocenters. The second-order valence-corrected chi connectivity index (χ2v) is 6.98. The Kier molecular flexibility index (Phi) is 3.62. The van der Waals surface area contributed by atoms with Gasteiger partial charge in [-0.1, -0.05) is 0 Å². The van der Waals surface area contributed by atoms with E-state index in [2.05, 4.69) is 0 Å². The Bertz CT molecular complexity index is 389. The zero-order chi connectivity index (χ0) is 13.5. The van der Waals surface area contributed by atoms with Crippen molar-refractivity contribution < 1.29 is 9.53 Å². The normalized spacial score (nSPS) is 28.4. The third-order valence-electron chi connectivity index (χ3n) is 3.03. The van der Waals surface area contributed by atoms with Crippen LogP contribution in [0.15, 0.2) is 10.5 Å². The number of nitrogens with zero attached hydrogens (tertiary/aromatic N) is 1. The molecule has 2 aliphatic rings. The van der Waals surface area contributed by atoms with Crippen LogP contribution in [-0.4, -0.2) is 41.1 Å². The van der Waals surface area contributed by atoms with Crippen molar-refractivity contribution in [3.8, 4) is 0 Å². The van der Waals surface area contributed by atoms with Gasteiger partial charge in [0.15, 0.2) is 0 Å². The Morgan fingerprint density at radius 1 is 1.44 bits per heavy atom. The summed E-state index contributed by atoms with van der Waals surface area (Å²) in [6.07, 6.45) is 0.542. The zero-order valence-corrected chi connectivity index (χ0v) is 11.9. The van der Waals surface area contributed by atoms with Crippen LogP contribution in [0.2, 0.25) is 0 Å². The fraction of sp³-hybridized carbons (Fsp3) is 0.750. The molecule has 2 heterocycles. The van der Waals surface area contributed by atoms with Crippen molar-refractivity contribution in [1.29, 1.82) is 0 Å². The molecule has 2 aliphatic heterocycles. The molecule has 0 saturated heterocycles. The molecule has 0 aromatic rings. The monoisotopic (exact) mass is 271 g/mol. The molecule has 2 rings (SSSR count). The van der Waals surface area contributed by atoms with Crippen molar-refractivity contribution in [2.45, 2.75) is 44.2 Å². The van der Waals surface area contributed by atoms with Gasteiger partial charge in [0.2, 0.25) is 0 Å². The van der Waals surface area contributed by atoms with E-state index in [9.17, 15) is 4.79 Å². The van der Waals surface area contributed by atoms with Gasteiger partial charge in [-0.05, 0) is 32.8 Å². The van der Waals surface area contributed by atoms with E-state index in [1.807, 2.05) is 20.8 Å². The minimum atomic E-state index is -0.457. The largest absolute Gasteiger partial charge is 0.444 e. The van der Waals surface area contributed by atoms with E-state index < -0.39 is 5.60 Å². The van der Waals surface area contributed by atoms with Crippen LogP contribution < -0.4 is 11.5 Å². The second-order valence-electron chi connectivity index (χ2n) is 5.71. The lowest BCUT2D eigenvalue weighted by Crippen LogP contribution is -2.42. The minimum absolute atomic E-state index is 0.0641. The summed E-state index contributed by atoms with van der Waals surface area (Å²) in [5.41, 5.74) is 12.7. The van der Waals surface area contributed by atoms with Gasteiger partial charge < -0.3 is 21.1 Å². The Morgan fingerprint density at radius 2 is 2.11 bits per heavy atom. The average Bonchev–Trinajstić information content (AvgIpc) is 2.52. The first kappa shape index (κ1) is 13.7. The Labute approximate surface area is 112 Å². The van der Waals surface area contributed by atoms with Gasteiger partial charge in [-0.2, -0.15) is 0 Å². The van der Waals surface area contributed by atoms with Crippen molar-refractivity contribution in [2.24, 2.45) is 11.5 Å². The molecule has 6 heteroatoms. The summed E-state index contributed by atoms with van der Waals surface area (Å²) in [6, 6.07) is -0.0641. The summed E-state index contributed by atoms with van der Waals surface area (Å²) < 4.78 is 5.37. The van der Waals surface area contributed by atoms with Crippen LogP contribution in [0.1, 0.15) is 27.2 Å². The van der Waals surface area contributed by atoms with Crippen molar-refractivity contribution >= 4 is 17.9 Å². The molecule has 0 radical (unpaired) electrons. The van der Waals surface area contributed by atoms with Crippen molar-refractivity contribution in [1.82, 2.24) is 4.90 Å². The Hall–Kier alpha value is -0.720. The Morgan fingerprint density at radius 3 is 2.72 bits per heavy atom. The van der Waals surface area contributed by atoms with E-state index in [1.165, 1.54) is 5.57 Å². The number of carbonyl (C=O) groups is 1. The molecule has 0 aliphatic carbocycles. The van der Waals surface area contributed by atoms with E-state index in [4.69, 9.17) is 16.2 Å². The highest BCUT2D eigenvalue weighted by Crippen LogP contribution is 2.39. The van der Waals surface area contributed by atoms with E-state index in [0.29, 0.717) is 13.1 Å².